The molecule has 22 heavy (non-hydrogen) atoms. The Kier molecular flexibility index (Phi) is 3.94. The number of rotatable bonds is 3. The molecule has 116 valence electrons. The Hall–Kier alpha value is -2.21. The molecule has 3 rings (SSSR count). The van der Waals surface area contributed by atoms with Crippen molar-refractivity contribution in [2.24, 2.45) is 0 Å². The number of aromatic amines is 1. The highest BCUT2D eigenvalue weighted by Crippen LogP contribution is 2.32. The van der Waals surface area contributed by atoms with Gasteiger partial charge in [-0.1, -0.05) is 12.1 Å². The molecule has 1 aliphatic rings. The van der Waals surface area contributed by atoms with Gasteiger partial charge in [0.1, 0.15) is 5.82 Å². The predicted molar refractivity (Wildman–Crippen MR) is 78.5 cm³/mol. The van der Waals surface area contributed by atoms with E-state index in [1.165, 1.54) is 12.1 Å². The zero-order chi connectivity index (χ0) is 15.7. The number of hydrogen-bond donors (Lipinski definition) is 2. The van der Waals surface area contributed by atoms with Crippen molar-refractivity contribution in [1.82, 2.24) is 15.1 Å². The van der Waals surface area contributed by atoms with E-state index in [2.05, 4.69) is 10.2 Å². The van der Waals surface area contributed by atoms with E-state index in [9.17, 15) is 14.3 Å². The number of aliphatic hydroxyl groups is 1. The molecule has 0 bridgehead atoms. The fourth-order valence-electron chi connectivity index (χ4n) is 2.91. The van der Waals surface area contributed by atoms with Gasteiger partial charge in [0.25, 0.3) is 0 Å². The largest absolute Gasteiger partial charge is 0.391 e. The van der Waals surface area contributed by atoms with Crippen LogP contribution < -0.4 is 0 Å². The summed E-state index contributed by atoms with van der Waals surface area (Å²) in [5.74, 6) is -0.399. The van der Waals surface area contributed by atoms with Crippen LogP contribution in [0.25, 0.3) is 0 Å². The summed E-state index contributed by atoms with van der Waals surface area (Å²) in [5.41, 5.74) is 2.42. The summed E-state index contributed by atoms with van der Waals surface area (Å²) in [6.07, 6.45) is 0.103. The van der Waals surface area contributed by atoms with Gasteiger partial charge in [-0.05, 0) is 37.1 Å². The maximum atomic E-state index is 13.1. The Balaban J connectivity index is 1.78. The number of hydrogen-bond acceptors (Lipinski definition) is 3. The highest BCUT2D eigenvalue weighted by atomic mass is 19.1. The van der Waals surface area contributed by atoms with E-state index in [-0.39, 0.29) is 24.2 Å². The summed E-state index contributed by atoms with van der Waals surface area (Å²) < 4.78 is 13.1. The lowest BCUT2D eigenvalue weighted by molar-refractivity contribution is -0.131. The number of carbonyl (C=O) groups excluding carboxylic acids is 1. The van der Waals surface area contributed by atoms with Crippen LogP contribution in [-0.4, -0.2) is 38.8 Å². The molecular weight excluding hydrogens is 285 g/mol. The number of nitrogens with one attached hydrogen (secondary N) is 1. The predicted octanol–water partition coefficient (Wildman–Crippen LogP) is 1.73. The second-order valence-electron chi connectivity index (χ2n) is 5.72. The van der Waals surface area contributed by atoms with E-state index in [0.29, 0.717) is 18.7 Å². The molecule has 1 aromatic heterocycles. The monoisotopic (exact) mass is 303 g/mol. The molecule has 1 fully saturated rings. The van der Waals surface area contributed by atoms with Crippen molar-refractivity contribution in [3.63, 3.8) is 0 Å². The number of aromatic nitrogens is 2. The third-order valence-corrected chi connectivity index (χ3v) is 3.95. The Bertz CT molecular complexity index is 668. The van der Waals surface area contributed by atoms with E-state index in [4.69, 9.17) is 0 Å². The molecule has 2 atom stereocenters. The molecule has 2 N–H and O–H groups in total. The number of likely N-dealkylation sites (tertiary alicyclic amines) is 1. The zero-order valence-electron chi connectivity index (χ0n) is 12.3. The van der Waals surface area contributed by atoms with Gasteiger partial charge in [-0.15, -0.1) is 0 Å². The standard InChI is InChI=1S/C16H18FN3O2/c1-10-6-13(19-18-10)7-16(22)20-9-14(21)8-15(20)11-2-4-12(17)5-3-11/h2-6,14-15,21H,7-9H2,1H3,(H,18,19)/t14-,15+/m1/s1. The molecule has 1 aliphatic heterocycles. The molecule has 1 amide bonds. The van der Waals surface area contributed by atoms with Crippen LogP contribution in [0.1, 0.15) is 29.4 Å². The lowest BCUT2D eigenvalue weighted by atomic mass is 10.0. The van der Waals surface area contributed by atoms with Crippen molar-refractivity contribution in [1.29, 1.82) is 0 Å². The van der Waals surface area contributed by atoms with Gasteiger partial charge in [0, 0.05) is 12.2 Å². The van der Waals surface area contributed by atoms with E-state index < -0.39 is 6.10 Å². The van der Waals surface area contributed by atoms with E-state index in [0.717, 1.165) is 11.3 Å². The maximum Gasteiger partial charge on any atom is 0.229 e. The van der Waals surface area contributed by atoms with Gasteiger partial charge in [-0.25, -0.2) is 4.39 Å². The van der Waals surface area contributed by atoms with E-state index in [1.807, 2.05) is 13.0 Å². The van der Waals surface area contributed by atoms with Crippen molar-refractivity contribution in [3.8, 4) is 0 Å². The molecule has 5 nitrogen and oxygen atoms in total. The molecule has 0 saturated carbocycles. The first-order chi connectivity index (χ1) is 10.5. The lowest BCUT2D eigenvalue weighted by Crippen LogP contribution is -2.33. The van der Waals surface area contributed by atoms with Crippen LogP contribution in [0.5, 0.6) is 0 Å². The van der Waals surface area contributed by atoms with Gasteiger partial charge in [0.05, 0.1) is 24.3 Å². The number of aliphatic hydroxyl groups excluding tert-OH is 1. The van der Waals surface area contributed by atoms with Gasteiger partial charge in [-0.2, -0.15) is 5.10 Å². The first kappa shape index (κ1) is 14.7. The highest BCUT2D eigenvalue weighted by molar-refractivity contribution is 5.79. The maximum absolute atomic E-state index is 13.1. The fraction of sp³-hybridized carbons (Fsp3) is 0.375. The SMILES string of the molecule is Cc1cc(CC(=O)N2C[C@H](O)C[C@H]2c2ccc(F)cc2)n[nH]1. The van der Waals surface area contributed by atoms with Gasteiger partial charge in [0.15, 0.2) is 0 Å². The minimum atomic E-state index is -0.556. The summed E-state index contributed by atoms with van der Waals surface area (Å²) in [7, 11) is 0. The molecule has 0 radical (unpaired) electrons. The zero-order valence-corrected chi connectivity index (χ0v) is 12.3. The van der Waals surface area contributed by atoms with E-state index >= 15 is 0 Å². The van der Waals surface area contributed by atoms with Gasteiger partial charge in [0.2, 0.25) is 5.91 Å². The number of halogens is 1. The van der Waals surface area contributed by atoms with Crippen molar-refractivity contribution in [2.75, 3.05) is 6.54 Å². The Morgan fingerprint density at radius 1 is 1.45 bits per heavy atom. The summed E-state index contributed by atoms with van der Waals surface area (Å²) >= 11 is 0. The first-order valence-electron chi connectivity index (χ1n) is 7.27. The topological polar surface area (TPSA) is 69.2 Å². The van der Waals surface area contributed by atoms with Crippen molar-refractivity contribution >= 4 is 5.91 Å². The molecular formula is C16H18FN3O2. The molecule has 2 heterocycles. The smallest absolute Gasteiger partial charge is 0.229 e. The average Bonchev–Trinajstić information content (AvgIpc) is 3.06. The molecule has 1 saturated heterocycles. The molecule has 0 spiro atoms. The van der Waals surface area contributed by atoms with Gasteiger partial charge in [-0.3, -0.25) is 9.89 Å². The van der Waals surface area contributed by atoms with Gasteiger partial charge < -0.3 is 10.0 Å². The lowest BCUT2D eigenvalue weighted by Gasteiger charge is -2.24. The summed E-state index contributed by atoms with van der Waals surface area (Å²) in [4.78, 5) is 14.2. The average molecular weight is 303 g/mol. The second kappa shape index (κ2) is 5.88. The van der Waals surface area contributed by atoms with Gasteiger partial charge >= 0.3 is 0 Å². The number of H-pyrrole nitrogens is 1. The third-order valence-electron chi connectivity index (χ3n) is 3.95. The summed E-state index contributed by atoms with van der Waals surface area (Å²) in [5, 5.41) is 16.8. The fourth-order valence-corrected chi connectivity index (χ4v) is 2.91. The quantitative estimate of drug-likeness (QED) is 0.907. The van der Waals surface area contributed by atoms with Crippen LogP contribution in [0.3, 0.4) is 0 Å². The second-order valence-corrected chi connectivity index (χ2v) is 5.72. The first-order valence-corrected chi connectivity index (χ1v) is 7.27. The summed E-state index contributed by atoms with van der Waals surface area (Å²) in [6.45, 7) is 2.17. The molecule has 0 unspecified atom stereocenters. The number of benzene rings is 1. The Morgan fingerprint density at radius 3 is 2.82 bits per heavy atom. The molecule has 0 aliphatic carbocycles. The van der Waals surface area contributed by atoms with E-state index in [1.54, 1.807) is 17.0 Å². The van der Waals surface area contributed by atoms with Crippen molar-refractivity contribution < 1.29 is 14.3 Å². The van der Waals surface area contributed by atoms with Crippen LogP contribution >= 0.6 is 0 Å². The molecule has 6 heteroatoms. The highest BCUT2D eigenvalue weighted by Gasteiger charge is 2.35. The number of nitrogens with zero attached hydrogens (tertiary/aromatic N) is 2. The number of amides is 1. The number of aryl methyl sites for hydroxylation is 1. The normalized spacial score (nSPS) is 21.3. The summed E-state index contributed by atoms with van der Waals surface area (Å²) in [6, 6.07) is 7.69. The number of β-amino-alcohol motifs (C(OH)–C–C–N with tert-alkyl or cyclic N) is 1. The van der Waals surface area contributed by atoms with Crippen LogP contribution in [0.2, 0.25) is 0 Å². The third kappa shape index (κ3) is 3.01. The van der Waals surface area contributed by atoms with Crippen LogP contribution in [0.15, 0.2) is 30.3 Å². The minimum Gasteiger partial charge on any atom is -0.391 e. The van der Waals surface area contributed by atoms with Crippen LogP contribution in [0.4, 0.5) is 4.39 Å². The molecule has 1 aromatic carbocycles. The van der Waals surface area contributed by atoms with Crippen LogP contribution in [0, 0.1) is 12.7 Å². The minimum absolute atomic E-state index is 0.0858. The number of carbonyl (C=O) groups is 1. The Labute approximate surface area is 127 Å². The van der Waals surface area contributed by atoms with Crippen molar-refractivity contribution in [2.45, 2.75) is 31.9 Å². The molecule has 2 aromatic rings. The van der Waals surface area contributed by atoms with Crippen molar-refractivity contribution in [3.05, 3.63) is 53.1 Å². The van der Waals surface area contributed by atoms with Crippen LogP contribution in [-0.2, 0) is 11.2 Å². The Morgan fingerprint density at radius 2 is 2.18 bits per heavy atom.